The summed E-state index contributed by atoms with van der Waals surface area (Å²) in [5.74, 6) is 0.417. The summed E-state index contributed by atoms with van der Waals surface area (Å²) in [5, 5.41) is 6.40. The number of aromatic amines is 1. The van der Waals surface area contributed by atoms with E-state index in [-0.39, 0.29) is 0 Å². The van der Waals surface area contributed by atoms with Crippen LogP contribution in [0.15, 0.2) is 17.4 Å². The topological polar surface area (TPSA) is 64.9 Å². The van der Waals surface area contributed by atoms with Crippen molar-refractivity contribution in [3.63, 3.8) is 0 Å². The molecule has 0 saturated carbocycles. The molecule has 0 bridgehead atoms. The summed E-state index contributed by atoms with van der Waals surface area (Å²) >= 11 is 0. The van der Waals surface area contributed by atoms with E-state index in [1.165, 1.54) is 0 Å². The highest BCUT2D eigenvalue weighted by molar-refractivity contribution is 5.42. The first-order valence-corrected chi connectivity index (χ1v) is 2.05. The number of rotatable bonds is 1. The van der Waals surface area contributed by atoms with Crippen molar-refractivity contribution in [1.29, 1.82) is 5.41 Å². The van der Waals surface area contributed by atoms with Gasteiger partial charge in [-0.15, -0.1) is 4.99 Å². The van der Waals surface area contributed by atoms with Crippen LogP contribution in [0.25, 0.3) is 0 Å². The molecule has 8 heavy (non-hydrogen) atoms. The van der Waals surface area contributed by atoms with Gasteiger partial charge in [-0.1, -0.05) is 0 Å². The van der Waals surface area contributed by atoms with Gasteiger partial charge in [-0.05, 0) is 0 Å². The maximum absolute atomic E-state index is 6.40. The van der Waals surface area contributed by atoms with Crippen LogP contribution in [0.3, 0.4) is 0 Å². The Bertz CT molecular complexity index is 194. The SMILES string of the molecule is N=C=Nc1ncc[nH]1. The van der Waals surface area contributed by atoms with Crippen LogP contribution in [0.1, 0.15) is 0 Å². The molecule has 0 amide bonds. The molecule has 0 atom stereocenters. The van der Waals surface area contributed by atoms with Crippen molar-refractivity contribution in [1.82, 2.24) is 9.97 Å². The molecule has 0 fully saturated rings. The van der Waals surface area contributed by atoms with Crippen LogP contribution in [0.4, 0.5) is 5.95 Å². The van der Waals surface area contributed by atoms with Crippen LogP contribution in [-0.2, 0) is 0 Å². The second-order valence-electron chi connectivity index (χ2n) is 1.14. The van der Waals surface area contributed by atoms with Crippen molar-refractivity contribution in [3.8, 4) is 0 Å². The smallest absolute Gasteiger partial charge is 0.236 e. The van der Waals surface area contributed by atoms with Gasteiger partial charge in [-0.25, -0.2) is 10.4 Å². The lowest BCUT2D eigenvalue weighted by Gasteiger charge is -1.71. The summed E-state index contributed by atoms with van der Waals surface area (Å²) in [6, 6.07) is 1.85. The highest BCUT2D eigenvalue weighted by atomic mass is 15.0. The molecule has 1 rings (SSSR count). The van der Waals surface area contributed by atoms with Crippen LogP contribution >= 0.6 is 0 Å². The molecule has 1 heterocycles. The number of nitrogens with one attached hydrogen (secondary N) is 2. The molecule has 0 aliphatic heterocycles. The van der Waals surface area contributed by atoms with Gasteiger partial charge in [-0.2, -0.15) is 0 Å². The first-order chi connectivity index (χ1) is 3.93. The second-order valence-corrected chi connectivity index (χ2v) is 1.14. The first kappa shape index (κ1) is 4.74. The molecule has 0 unspecified atom stereocenters. The van der Waals surface area contributed by atoms with E-state index in [0.717, 1.165) is 0 Å². The van der Waals surface area contributed by atoms with Crippen molar-refractivity contribution >= 4 is 12.0 Å². The van der Waals surface area contributed by atoms with Crippen molar-refractivity contribution in [2.75, 3.05) is 0 Å². The third-order valence-corrected chi connectivity index (χ3v) is 0.646. The van der Waals surface area contributed by atoms with E-state index >= 15 is 0 Å². The standard InChI is InChI=1S/C4H4N4/c5-3-8-4-6-1-2-7-4/h1-2,5H,(H,6,7). The van der Waals surface area contributed by atoms with Gasteiger partial charge in [0.1, 0.15) is 0 Å². The number of imidazole rings is 1. The van der Waals surface area contributed by atoms with Crippen molar-refractivity contribution in [2.24, 2.45) is 4.99 Å². The number of hydrogen-bond donors (Lipinski definition) is 2. The number of hydrogen-bond acceptors (Lipinski definition) is 3. The lowest BCUT2D eigenvalue weighted by Crippen LogP contribution is -1.61. The fourth-order valence-corrected chi connectivity index (χ4v) is 0.371. The summed E-state index contributed by atoms with van der Waals surface area (Å²) in [5.41, 5.74) is 0. The largest absolute Gasteiger partial charge is 0.329 e. The Morgan fingerprint density at radius 2 is 2.75 bits per heavy atom. The molecule has 0 radical (unpaired) electrons. The maximum Gasteiger partial charge on any atom is 0.236 e. The average Bonchev–Trinajstić information content (AvgIpc) is 2.19. The minimum Gasteiger partial charge on any atom is -0.329 e. The Morgan fingerprint density at radius 1 is 1.88 bits per heavy atom. The highest BCUT2D eigenvalue weighted by Gasteiger charge is 1.82. The van der Waals surface area contributed by atoms with Gasteiger partial charge in [-0.3, -0.25) is 0 Å². The van der Waals surface area contributed by atoms with E-state index in [1.54, 1.807) is 12.4 Å². The van der Waals surface area contributed by atoms with Crippen LogP contribution in [0.5, 0.6) is 0 Å². The molecular formula is C4H4N4. The molecule has 0 aliphatic rings. The van der Waals surface area contributed by atoms with Gasteiger partial charge in [0.15, 0.2) is 0 Å². The molecule has 0 aliphatic carbocycles. The summed E-state index contributed by atoms with van der Waals surface area (Å²) < 4.78 is 0. The van der Waals surface area contributed by atoms with Crippen LogP contribution in [-0.4, -0.2) is 16.0 Å². The maximum atomic E-state index is 6.40. The summed E-state index contributed by atoms with van der Waals surface area (Å²) in [6.45, 7) is 0. The van der Waals surface area contributed by atoms with Gasteiger partial charge in [0.25, 0.3) is 0 Å². The van der Waals surface area contributed by atoms with Crippen molar-refractivity contribution in [2.45, 2.75) is 0 Å². The molecule has 0 saturated heterocycles. The van der Waals surface area contributed by atoms with E-state index < -0.39 is 0 Å². The Hall–Kier alpha value is -1.41. The molecule has 4 heteroatoms. The van der Waals surface area contributed by atoms with Gasteiger partial charge < -0.3 is 4.98 Å². The normalized spacial score (nSPS) is 8.00. The van der Waals surface area contributed by atoms with Crippen LogP contribution in [0, 0.1) is 5.41 Å². The van der Waals surface area contributed by atoms with Crippen molar-refractivity contribution < 1.29 is 0 Å². The second kappa shape index (κ2) is 2.04. The Labute approximate surface area is 45.8 Å². The third-order valence-electron chi connectivity index (χ3n) is 0.646. The number of aromatic nitrogens is 2. The molecule has 4 nitrogen and oxygen atoms in total. The molecule has 1 aromatic rings. The zero-order valence-electron chi connectivity index (χ0n) is 4.05. The zero-order valence-corrected chi connectivity index (χ0v) is 4.05. The Morgan fingerprint density at radius 3 is 3.25 bits per heavy atom. The van der Waals surface area contributed by atoms with E-state index in [9.17, 15) is 0 Å². The monoisotopic (exact) mass is 108 g/mol. The Balaban J connectivity index is 2.93. The van der Waals surface area contributed by atoms with Crippen LogP contribution < -0.4 is 0 Å². The molecular weight excluding hydrogens is 104 g/mol. The lowest BCUT2D eigenvalue weighted by atomic mass is 11.0. The van der Waals surface area contributed by atoms with Gasteiger partial charge in [0.05, 0.1) is 6.01 Å². The van der Waals surface area contributed by atoms with E-state index in [1.807, 2.05) is 6.01 Å². The predicted octanol–water partition coefficient (Wildman–Crippen LogP) is 0.794. The minimum absolute atomic E-state index is 0.417. The van der Waals surface area contributed by atoms with Crippen molar-refractivity contribution in [3.05, 3.63) is 12.4 Å². The summed E-state index contributed by atoms with van der Waals surface area (Å²) in [6.07, 6.45) is 3.20. The Kier molecular flexibility index (Phi) is 1.21. The molecule has 40 valence electrons. The fraction of sp³-hybridized carbons (Fsp3) is 0. The number of nitrogens with zero attached hydrogens (tertiary/aromatic N) is 2. The van der Waals surface area contributed by atoms with Gasteiger partial charge >= 0.3 is 0 Å². The predicted molar refractivity (Wildman–Crippen MR) is 28.4 cm³/mol. The summed E-state index contributed by atoms with van der Waals surface area (Å²) in [4.78, 5) is 9.80. The van der Waals surface area contributed by atoms with Gasteiger partial charge in [0.2, 0.25) is 5.95 Å². The van der Waals surface area contributed by atoms with Crippen LogP contribution in [0.2, 0.25) is 0 Å². The molecule has 2 N–H and O–H groups in total. The first-order valence-electron chi connectivity index (χ1n) is 2.05. The highest BCUT2D eigenvalue weighted by Crippen LogP contribution is 1.96. The molecule has 0 aromatic carbocycles. The quantitative estimate of drug-likeness (QED) is 0.513. The fourth-order valence-electron chi connectivity index (χ4n) is 0.371. The average molecular weight is 108 g/mol. The van der Waals surface area contributed by atoms with Gasteiger partial charge in [0, 0.05) is 12.4 Å². The molecule has 0 spiro atoms. The number of H-pyrrole nitrogens is 1. The zero-order chi connectivity index (χ0) is 5.82. The molecule has 1 aromatic heterocycles. The number of aliphatic imine (C=N–C) groups is 1. The van der Waals surface area contributed by atoms with E-state index in [2.05, 4.69) is 15.0 Å². The van der Waals surface area contributed by atoms with E-state index in [4.69, 9.17) is 5.41 Å². The van der Waals surface area contributed by atoms with E-state index in [0.29, 0.717) is 5.95 Å². The lowest BCUT2D eigenvalue weighted by molar-refractivity contribution is 1.25. The third kappa shape index (κ3) is 0.802. The minimum atomic E-state index is 0.417. The summed E-state index contributed by atoms with van der Waals surface area (Å²) in [7, 11) is 0.